The van der Waals surface area contributed by atoms with Gasteiger partial charge in [0.15, 0.2) is 12.1 Å². The van der Waals surface area contributed by atoms with E-state index in [1.54, 1.807) is 19.1 Å². The number of hydrogen-bond acceptors (Lipinski definition) is 3. The van der Waals surface area contributed by atoms with Crippen LogP contribution < -0.4 is 4.74 Å². The second kappa shape index (κ2) is 4.73. The molecule has 0 heterocycles. The van der Waals surface area contributed by atoms with Crippen LogP contribution >= 0.6 is 0 Å². The molecular formula is C12H14O3. The lowest BCUT2D eigenvalue weighted by atomic mass is 10.00. The summed E-state index contributed by atoms with van der Waals surface area (Å²) in [6.07, 6.45) is 0.710. The summed E-state index contributed by atoms with van der Waals surface area (Å²) in [6, 6.07) is 3.38. The van der Waals surface area contributed by atoms with Crippen LogP contribution in [0, 0.1) is 6.92 Å². The number of aldehydes is 1. The fraction of sp³-hybridized carbons (Fsp3) is 0.333. The van der Waals surface area contributed by atoms with Crippen molar-refractivity contribution in [3.63, 3.8) is 0 Å². The molecule has 1 rings (SSSR count). The zero-order valence-corrected chi connectivity index (χ0v) is 9.16. The molecule has 0 fully saturated rings. The molecule has 3 nitrogen and oxygen atoms in total. The van der Waals surface area contributed by atoms with Crippen LogP contribution in [0.1, 0.15) is 40.1 Å². The molecule has 1 aromatic rings. The second-order valence-electron chi connectivity index (χ2n) is 3.31. The van der Waals surface area contributed by atoms with E-state index in [9.17, 15) is 9.59 Å². The average Bonchev–Trinajstić information content (AvgIpc) is 2.17. The van der Waals surface area contributed by atoms with Gasteiger partial charge in [0.05, 0.1) is 6.61 Å². The molecule has 15 heavy (non-hydrogen) atoms. The maximum atomic E-state index is 11.3. The Kier molecular flexibility index (Phi) is 3.61. The van der Waals surface area contributed by atoms with Crippen LogP contribution in [0.15, 0.2) is 12.1 Å². The van der Waals surface area contributed by atoms with Crippen LogP contribution in [0.3, 0.4) is 0 Å². The van der Waals surface area contributed by atoms with Gasteiger partial charge in [-0.1, -0.05) is 0 Å². The highest BCUT2D eigenvalue weighted by Gasteiger charge is 2.11. The van der Waals surface area contributed by atoms with E-state index in [0.717, 1.165) is 5.56 Å². The van der Waals surface area contributed by atoms with Gasteiger partial charge in [-0.05, 0) is 38.5 Å². The molecule has 0 saturated heterocycles. The maximum Gasteiger partial charge on any atom is 0.160 e. The molecule has 3 heteroatoms. The Morgan fingerprint density at radius 2 is 2.13 bits per heavy atom. The van der Waals surface area contributed by atoms with E-state index in [4.69, 9.17) is 4.74 Å². The number of rotatable bonds is 4. The molecule has 0 saturated carbocycles. The minimum atomic E-state index is -0.123. The Morgan fingerprint density at radius 1 is 1.47 bits per heavy atom. The quantitative estimate of drug-likeness (QED) is 0.561. The Balaban J connectivity index is 3.31. The first-order valence-corrected chi connectivity index (χ1v) is 4.83. The van der Waals surface area contributed by atoms with E-state index in [2.05, 4.69) is 0 Å². The Bertz CT molecular complexity index is 394. The molecule has 0 spiro atoms. The zero-order valence-electron chi connectivity index (χ0n) is 9.16. The van der Waals surface area contributed by atoms with Gasteiger partial charge in [-0.2, -0.15) is 0 Å². The van der Waals surface area contributed by atoms with Gasteiger partial charge in [0.2, 0.25) is 0 Å². The highest BCUT2D eigenvalue weighted by atomic mass is 16.5. The summed E-state index contributed by atoms with van der Waals surface area (Å²) in [4.78, 5) is 22.1. The lowest BCUT2D eigenvalue weighted by Gasteiger charge is -2.09. The van der Waals surface area contributed by atoms with Crippen molar-refractivity contribution < 1.29 is 14.3 Å². The highest BCUT2D eigenvalue weighted by Crippen LogP contribution is 2.21. The van der Waals surface area contributed by atoms with Gasteiger partial charge in [0, 0.05) is 11.1 Å². The summed E-state index contributed by atoms with van der Waals surface area (Å²) < 4.78 is 5.31. The number of hydrogen-bond donors (Lipinski definition) is 0. The summed E-state index contributed by atoms with van der Waals surface area (Å²) >= 11 is 0. The molecule has 0 unspecified atom stereocenters. The molecular weight excluding hydrogens is 192 g/mol. The van der Waals surface area contributed by atoms with Gasteiger partial charge in [-0.3, -0.25) is 9.59 Å². The summed E-state index contributed by atoms with van der Waals surface area (Å²) in [5.74, 6) is 0.507. The summed E-state index contributed by atoms with van der Waals surface area (Å²) in [6.45, 7) is 5.64. The van der Waals surface area contributed by atoms with Gasteiger partial charge in [-0.25, -0.2) is 0 Å². The van der Waals surface area contributed by atoms with Crippen LogP contribution in [-0.2, 0) is 0 Å². The van der Waals surface area contributed by atoms with Crippen molar-refractivity contribution in [3.8, 4) is 5.75 Å². The first-order valence-electron chi connectivity index (χ1n) is 4.83. The maximum absolute atomic E-state index is 11.3. The van der Waals surface area contributed by atoms with Crippen LogP contribution in [0.2, 0.25) is 0 Å². The number of ketones is 1. The van der Waals surface area contributed by atoms with Gasteiger partial charge in [0.25, 0.3) is 0 Å². The molecule has 0 aliphatic rings. The van der Waals surface area contributed by atoms with Crippen molar-refractivity contribution >= 4 is 12.1 Å². The van der Waals surface area contributed by atoms with Crippen LogP contribution in [-0.4, -0.2) is 18.7 Å². The van der Waals surface area contributed by atoms with E-state index in [1.165, 1.54) is 6.92 Å². The van der Waals surface area contributed by atoms with Crippen molar-refractivity contribution in [3.05, 3.63) is 28.8 Å². The molecule has 0 aromatic heterocycles. The SMILES string of the molecule is CCOc1cc(C)c(C=O)c(C(C)=O)c1. The van der Waals surface area contributed by atoms with Crippen LogP contribution in [0.4, 0.5) is 0 Å². The lowest BCUT2D eigenvalue weighted by molar-refractivity contribution is 0.100. The number of Topliss-reactive ketones (excluding diaryl/α,β-unsaturated/α-hetero) is 1. The van der Waals surface area contributed by atoms with Gasteiger partial charge in [-0.15, -0.1) is 0 Å². The Labute approximate surface area is 89.1 Å². The fourth-order valence-corrected chi connectivity index (χ4v) is 1.46. The molecule has 0 atom stereocenters. The molecule has 1 aromatic carbocycles. The van der Waals surface area contributed by atoms with Gasteiger partial charge >= 0.3 is 0 Å². The predicted molar refractivity (Wildman–Crippen MR) is 57.7 cm³/mol. The summed E-state index contributed by atoms with van der Waals surface area (Å²) in [5, 5.41) is 0. The third-order valence-electron chi connectivity index (χ3n) is 2.17. The summed E-state index contributed by atoms with van der Waals surface area (Å²) in [5.41, 5.74) is 1.64. The normalized spacial score (nSPS) is 9.80. The minimum Gasteiger partial charge on any atom is -0.494 e. The van der Waals surface area contributed by atoms with E-state index in [0.29, 0.717) is 29.8 Å². The molecule has 0 bridgehead atoms. The third-order valence-corrected chi connectivity index (χ3v) is 2.17. The fourth-order valence-electron chi connectivity index (χ4n) is 1.46. The zero-order chi connectivity index (χ0) is 11.4. The second-order valence-corrected chi connectivity index (χ2v) is 3.31. The Morgan fingerprint density at radius 3 is 2.60 bits per heavy atom. The van der Waals surface area contributed by atoms with Crippen LogP contribution in [0.25, 0.3) is 0 Å². The van der Waals surface area contributed by atoms with Crippen molar-refractivity contribution in [1.82, 2.24) is 0 Å². The monoisotopic (exact) mass is 206 g/mol. The van der Waals surface area contributed by atoms with Crippen molar-refractivity contribution in [2.75, 3.05) is 6.61 Å². The van der Waals surface area contributed by atoms with Crippen LogP contribution in [0.5, 0.6) is 5.75 Å². The Hall–Kier alpha value is -1.64. The standard InChI is InChI=1S/C12H14O3/c1-4-15-10-5-8(2)12(7-13)11(6-10)9(3)14/h5-7H,4H2,1-3H3. The number of ether oxygens (including phenoxy) is 1. The van der Waals surface area contributed by atoms with E-state index >= 15 is 0 Å². The van der Waals surface area contributed by atoms with E-state index in [1.807, 2.05) is 6.92 Å². The first kappa shape index (κ1) is 11.4. The lowest BCUT2D eigenvalue weighted by Crippen LogP contribution is -2.03. The number of benzene rings is 1. The molecule has 0 N–H and O–H groups in total. The van der Waals surface area contributed by atoms with E-state index in [-0.39, 0.29) is 5.78 Å². The van der Waals surface area contributed by atoms with Crippen molar-refractivity contribution in [1.29, 1.82) is 0 Å². The molecule has 0 aliphatic carbocycles. The smallest absolute Gasteiger partial charge is 0.160 e. The largest absolute Gasteiger partial charge is 0.494 e. The van der Waals surface area contributed by atoms with Gasteiger partial charge < -0.3 is 4.74 Å². The topological polar surface area (TPSA) is 43.4 Å². The first-order chi connectivity index (χ1) is 7.10. The minimum absolute atomic E-state index is 0.123. The molecule has 0 radical (unpaired) electrons. The molecule has 0 amide bonds. The average molecular weight is 206 g/mol. The van der Waals surface area contributed by atoms with Crippen molar-refractivity contribution in [2.24, 2.45) is 0 Å². The molecule has 80 valence electrons. The third kappa shape index (κ3) is 2.43. The number of carbonyl (C=O) groups excluding carboxylic acids is 2. The number of aryl methyl sites for hydroxylation is 1. The van der Waals surface area contributed by atoms with E-state index < -0.39 is 0 Å². The van der Waals surface area contributed by atoms with Gasteiger partial charge in [0.1, 0.15) is 5.75 Å². The van der Waals surface area contributed by atoms with Crippen molar-refractivity contribution in [2.45, 2.75) is 20.8 Å². The number of carbonyl (C=O) groups is 2. The highest BCUT2D eigenvalue weighted by molar-refractivity contribution is 6.02. The predicted octanol–water partition coefficient (Wildman–Crippen LogP) is 2.41. The summed E-state index contributed by atoms with van der Waals surface area (Å²) in [7, 11) is 0. The molecule has 0 aliphatic heterocycles.